The second kappa shape index (κ2) is 8.80. The molecule has 0 atom stereocenters. The van der Waals surface area contributed by atoms with E-state index in [4.69, 9.17) is 19.0 Å². The van der Waals surface area contributed by atoms with Crippen molar-refractivity contribution in [2.75, 3.05) is 34.0 Å². The maximum atomic E-state index is 11.9. The Kier molecular flexibility index (Phi) is 7.06. The Morgan fingerprint density at radius 3 is 2.55 bits per heavy atom. The van der Waals surface area contributed by atoms with Gasteiger partial charge in [-0.05, 0) is 6.92 Å². The zero-order valence-electron chi connectivity index (χ0n) is 12.6. The van der Waals surface area contributed by atoms with Gasteiger partial charge in [-0.3, -0.25) is 19.7 Å². The first-order valence-electron chi connectivity index (χ1n) is 6.45. The molecule has 0 aliphatic rings. The van der Waals surface area contributed by atoms with Crippen molar-refractivity contribution in [3.8, 4) is 11.5 Å². The van der Waals surface area contributed by atoms with E-state index < -0.39 is 16.5 Å². The number of benzene rings is 1. The Bertz CT molecular complexity index is 533. The predicted molar refractivity (Wildman–Crippen MR) is 76.1 cm³/mol. The number of nitrogens with one attached hydrogen (secondary N) is 1. The summed E-state index contributed by atoms with van der Waals surface area (Å²) in [5.74, 6) is -0.391. The number of hydroxylamine groups is 1. The summed E-state index contributed by atoms with van der Waals surface area (Å²) < 4.78 is 15.3. The number of amides is 1. The molecule has 0 bridgehead atoms. The molecule has 1 amide bonds. The average Bonchev–Trinajstić information content (AvgIpc) is 2.52. The van der Waals surface area contributed by atoms with Crippen LogP contribution in [0.2, 0.25) is 0 Å². The lowest BCUT2D eigenvalue weighted by Crippen LogP contribution is -2.24. The quantitative estimate of drug-likeness (QED) is 0.416. The first-order valence-corrected chi connectivity index (χ1v) is 6.45. The van der Waals surface area contributed by atoms with Crippen LogP contribution in [0.1, 0.15) is 17.3 Å². The van der Waals surface area contributed by atoms with E-state index in [0.717, 1.165) is 6.07 Å². The minimum absolute atomic E-state index is 0.152. The first-order chi connectivity index (χ1) is 10.5. The van der Waals surface area contributed by atoms with Gasteiger partial charge in [-0.2, -0.15) is 0 Å². The minimum Gasteiger partial charge on any atom is -0.493 e. The molecule has 1 aromatic carbocycles. The zero-order chi connectivity index (χ0) is 16.5. The van der Waals surface area contributed by atoms with E-state index in [0.29, 0.717) is 6.61 Å². The molecular weight excluding hydrogens is 296 g/mol. The van der Waals surface area contributed by atoms with Gasteiger partial charge < -0.3 is 14.2 Å². The van der Waals surface area contributed by atoms with Crippen LogP contribution >= 0.6 is 0 Å². The van der Waals surface area contributed by atoms with Gasteiger partial charge in [-0.15, -0.1) is 0 Å². The largest absolute Gasteiger partial charge is 0.493 e. The molecule has 0 fully saturated rings. The highest BCUT2D eigenvalue weighted by atomic mass is 16.7. The maximum absolute atomic E-state index is 11.9. The van der Waals surface area contributed by atoms with E-state index in [1.165, 1.54) is 20.3 Å². The molecule has 0 unspecified atom stereocenters. The van der Waals surface area contributed by atoms with Gasteiger partial charge in [0.25, 0.3) is 11.6 Å². The summed E-state index contributed by atoms with van der Waals surface area (Å²) in [5, 5.41) is 11.1. The van der Waals surface area contributed by atoms with Crippen LogP contribution in [0.4, 0.5) is 5.69 Å². The lowest BCUT2D eigenvalue weighted by atomic mass is 10.1. The molecule has 122 valence electrons. The van der Waals surface area contributed by atoms with Crippen LogP contribution in [0, 0.1) is 10.1 Å². The molecular formula is C13H18N2O7. The third-order valence-corrected chi connectivity index (χ3v) is 2.58. The number of methoxy groups -OCH3 is 2. The van der Waals surface area contributed by atoms with Crippen molar-refractivity contribution in [1.29, 1.82) is 0 Å². The SMILES string of the molecule is CCONC(=O)c1cc(OC)c(OCCOC)cc1[N+](=O)[O-]. The smallest absolute Gasteiger partial charge is 0.286 e. The van der Waals surface area contributed by atoms with Gasteiger partial charge in [0.05, 0.1) is 31.3 Å². The topological polar surface area (TPSA) is 109 Å². The van der Waals surface area contributed by atoms with Crippen LogP contribution in [0.3, 0.4) is 0 Å². The number of nitrogens with zero attached hydrogens (tertiary/aromatic N) is 1. The van der Waals surface area contributed by atoms with Gasteiger partial charge in [0.1, 0.15) is 12.2 Å². The third-order valence-electron chi connectivity index (χ3n) is 2.58. The van der Waals surface area contributed by atoms with Gasteiger partial charge in [-0.25, -0.2) is 5.48 Å². The zero-order valence-corrected chi connectivity index (χ0v) is 12.6. The first kappa shape index (κ1) is 17.7. The number of nitro groups is 1. The van der Waals surface area contributed by atoms with Crippen molar-refractivity contribution in [2.24, 2.45) is 0 Å². The molecule has 0 aliphatic heterocycles. The monoisotopic (exact) mass is 314 g/mol. The molecule has 22 heavy (non-hydrogen) atoms. The molecule has 0 aliphatic carbocycles. The number of hydrogen-bond donors (Lipinski definition) is 1. The van der Waals surface area contributed by atoms with Gasteiger partial charge in [-0.1, -0.05) is 0 Å². The minimum atomic E-state index is -0.740. The number of ether oxygens (including phenoxy) is 3. The van der Waals surface area contributed by atoms with Crippen molar-refractivity contribution in [2.45, 2.75) is 6.92 Å². The van der Waals surface area contributed by atoms with Crippen LogP contribution < -0.4 is 15.0 Å². The molecule has 0 aromatic heterocycles. The van der Waals surface area contributed by atoms with E-state index in [2.05, 4.69) is 5.48 Å². The molecule has 0 saturated carbocycles. The molecule has 1 aromatic rings. The number of nitro benzene ring substituents is 1. The Morgan fingerprint density at radius 1 is 1.27 bits per heavy atom. The maximum Gasteiger partial charge on any atom is 0.286 e. The van der Waals surface area contributed by atoms with Crippen molar-refractivity contribution in [3.63, 3.8) is 0 Å². The van der Waals surface area contributed by atoms with Crippen LogP contribution in [0.25, 0.3) is 0 Å². The molecule has 1 rings (SSSR count). The van der Waals surface area contributed by atoms with Crippen molar-refractivity contribution >= 4 is 11.6 Å². The van der Waals surface area contributed by atoms with Crippen molar-refractivity contribution in [3.05, 3.63) is 27.8 Å². The molecule has 9 heteroatoms. The van der Waals surface area contributed by atoms with Crippen LogP contribution in [-0.2, 0) is 9.57 Å². The molecule has 0 spiro atoms. The fourth-order valence-electron chi connectivity index (χ4n) is 1.58. The Morgan fingerprint density at radius 2 is 2.00 bits per heavy atom. The highest BCUT2D eigenvalue weighted by Crippen LogP contribution is 2.34. The van der Waals surface area contributed by atoms with Gasteiger partial charge in [0, 0.05) is 13.2 Å². The number of hydrogen-bond acceptors (Lipinski definition) is 7. The second-order valence-corrected chi connectivity index (χ2v) is 3.98. The third kappa shape index (κ3) is 4.57. The summed E-state index contributed by atoms with van der Waals surface area (Å²) in [6.45, 7) is 2.40. The summed E-state index contributed by atoms with van der Waals surface area (Å²) >= 11 is 0. The Hall–Kier alpha value is -2.39. The van der Waals surface area contributed by atoms with Crippen LogP contribution in [-0.4, -0.2) is 44.9 Å². The standard InChI is InChI=1S/C13H18N2O7/c1-4-22-14-13(16)9-7-11(20-3)12(21-6-5-19-2)8-10(9)15(17)18/h7-8H,4-6H2,1-3H3,(H,14,16). The fourth-order valence-corrected chi connectivity index (χ4v) is 1.58. The molecule has 0 radical (unpaired) electrons. The Balaban J connectivity index is 3.15. The summed E-state index contributed by atoms with van der Waals surface area (Å²) in [4.78, 5) is 27.1. The summed E-state index contributed by atoms with van der Waals surface area (Å²) in [7, 11) is 2.87. The van der Waals surface area contributed by atoms with Gasteiger partial charge >= 0.3 is 0 Å². The second-order valence-electron chi connectivity index (χ2n) is 3.98. The van der Waals surface area contributed by atoms with E-state index in [9.17, 15) is 14.9 Å². The highest BCUT2D eigenvalue weighted by Gasteiger charge is 2.24. The van der Waals surface area contributed by atoms with Gasteiger partial charge in [0.2, 0.25) is 0 Å². The predicted octanol–water partition coefficient (Wildman–Crippen LogP) is 1.31. The van der Waals surface area contributed by atoms with E-state index in [1.54, 1.807) is 6.92 Å². The molecule has 0 saturated heterocycles. The van der Waals surface area contributed by atoms with E-state index in [1.807, 2.05) is 0 Å². The number of rotatable bonds is 9. The summed E-state index contributed by atoms with van der Waals surface area (Å²) in [6, 6.07) is 2.37. The number of carbonyl (C=O) groups is 1. The molecule has 9 nitrogen and oxygen atoms in total. The lowest BCUT2D eigenvalue weighted by molar-refractivity contribution is -0.385. The van der Waals surface area contributed by atoms with Crippen molar-refractivity contribution in [1.82, 2.24) is 5.48 Å². The van der Waals surface area contributed by atoms with E-state index in [-0.39, 0.29) is 30.3 Å². The summed E-state index contributed by atoms with van der Waals surface area (Å²) in [5.41, 5.74) is 1.51. The molecule has 1 N–H and O–H groups in total. The van der Waals surface area contributed by atoms with Gasteiger partial charge in [0.15, 0.2) is 11.5 Å². The Labute approximate surface area is 127 Å². The molecule has 0 heterocycles. The summed E-state index contributed by atoms with van der Waals surface area (Å²) in [6.07, 6.45) is 0. The van der Waals surface area contributed by atoms with E-state index >= 15 is 0 Å². The lowest BCUT2D eigenvalue weighted by Gasteiger charge is -2.12. The highest BCUT2D eigenvalue weighted by molar-refractivity contribution is 5.98. The number of carbonyl (C=O) groups excluding carboxylic acids is 1. The van der Waals surface area contributed by atoms with Crippen LogP contribution in [0.15, 0.2) is 12.1 Å². The normalized spacial score (nSPS) is 10.1. The average molecular weight is 314 g/mol. The van der Waals surface area contributed by atoms with Crippen molar-refractivity contribution < 1.29 is 28.8 Å². The fraction of sp³-hybridized carbons (Fsp3) is 0.462. The van der Waals surface area contributed by atoms with Crippen LogP contribution in [0.5, 0.6) is 11.5 Å².